The summed E-state index contributed by atoms with van der Waals surface area (Å²) in [5, 5.41) is 47.1. The Balaban J connectivity index is 2.19. The molecule has 3 aliphatic rings. The predicted octanol–water partition coefficient (Wildman–Crippen LogP) is 2.55. The highest BCUT2D eigenvalue weighted by Gasteiger charge is 2.53. The van der Waals surface area contributed by atoms with Crippen LogP contribution in [0, 0.1) is 17.8 Å². The van der Waals surface area contributed by atoms with Gasteiger partial charge >= 0.3 is 5.97 Å². The Morgan fingerprint density at radius 1 is 0.943 bits per heavy atom. The van der Waals surface area contributed by atoms with Gasteiger partial charge in [-0.3, -0.25) is 4.79 Å². The molecule has 0 amide bonds. The number of aliphatic hydroxyl groups is 4. The fourth-order valence-corrected chi connectivity index (χ4v) is 9.16. The van der Waals surface area contributed by atoms with E-state index in [0.29, 0.717) is 19.4 Å². The Hall–Kier alpha value is -1.01. The summed E-state index contributed by atoms with van der Waals surface area (Å²) in [5.74, 6) is -2.40. The molecule has 0 aromatic carbocycles. The van der Waals surface area contributed by atoms with Gasteiger partial charge in [0.2, 0.25) is 0 Å². The number of carbonyl (C=O) groups excluding carboxylic acids is 1. The Bertz CT molecular complexity index is 1160. The van der Waals surface area contributed by atoms with Crippen LogP contribution in [-0.2, 0) is 38.0 Å². The summed E-state index contributed by atoms with van der Waals surface area (Å²) in [6.07, 6.45) is -7.21. The lowest BCUT2D eigenvalue weighted by molar-refractivity contribution is -0.318. The van der Waals surface area contributed by atoms with E-state index in [1.165, 1.54) is 14.2 Å². The second-order valence-electron chi connectivity index (χ2n) is 17.4. The molecule has 0 unspecified atom stereocenters. The number of ether oxygens (including phenoxy) is 7. The number of hydrogen-bond donors (Lipinski definition) is 4. The molecule has 53 heavy (non-hydrogen) atoms. The van der Waals surface area contributed by atoms with Gasteiger partial charge in [0.25, 0.3) is 0 Å². The van der Waals surface area contributed by atoms with Gasteiger partial charge in [0.15, 0.2) is 12.6 Å². The van der Waals surface area contributed by atoms with E-state index in [-0.39, 0.29) is 36.9 Å². The van der Waals surface area contributed by atoms with Crippen molar-refractivity contribution in [3.8, 4) is 0 Å². The normalized spacial score (nSPS) is 48.9. The Kier molecular flexibility index (Phi) is 16.2. The summed E-state index contributed by atoms with van der Waals surface area (Å²) in [6, 6.07) is -0.560. The van der Waals surface area contributed by atoms with E-state index in [4.69, 9.17) is 33.2 Å². The number of aliphatic hydroxyl groups excluding tert-OH is 2. The van der Waals surface area contributed by atoms with Crippen molar-refractivity contribution in [2.24, 2.45) is 17.8 Å². The molecule has 3 saturated heterocycles. The van der Waals surface area contributed by atoms with Gasteiger partial charge in [0, 0.05) is 45.2 Å². The first-order valence-electron chi connectivity index (χ1n) is 19.5. The van der Waals surface area contributed by atoms with Crippen LogP contribution in [0.25, 0.3) is 0 Å². The van der Waals surface area contributed by atoms with Gasteiger partial charge in [-0.15, -0.1) is 0 Å². The van der Waals surface area contributed by atoms with Crippen molar-refractivity contribution in [3.05, 3.63) is 0 Å². The summed E-state index contributed by atoms with van der Waals surface area (Å²) < 4.78 is 43.7. The van der Waals surface area contributed by atoms with Gasteiger partial charge in [-0.2, -0.15) is 0 Å². The number of esters is 1. The number of carbonyl (C=O) groups is 1. The lowest BCUT2D eigenvalue weighted by Crippen LogP contribution is -2.60. The second-order valence-corrected chi connectivity index (χ2v) is 17.4. The molecule has 14 heteroatoms. The van der Waals surface area contributed by atoms with Gasteiger partial charge in [-0.05, 0) is 94.8 Å². The SMILES string of the molecule is CC[C@H]1OC(=O)[C@H](C)[C@@H](O[C@H]2C[C@@](C)(OC)[C@@H](O)[C@@H](C)O2)[C@H](C)[C@@H](O[C@@H]2O[C@H](C)C[C@@H](N(C)C)[C@H]2O)[C@](C)(O)C[C@@H](C)CN(C)[C@H](C)[C@@H](OC)[C@]1(C)O. The third-order valence-corrected chi connectivity index (χ3v) is 12.4. The topological polar surface area (TPSA) is 169 Å². The Morgan fingerprint density at radius 2 is 1.57 bits per heavy atom. The molecule has 0 aliphatic carbocycles. The number of nitrogens with zero attached hydrogens (tertiary/aromatic N) is 2. The molecule has 0 spiro atoms. The molecule has 3 aliphatic heterocycles. The molecule has 0 bridgehead atoms. The zero-order valence-electron chi connectivity index (χ0n) is 35.1. The fraction of sp³-hybridized carbons (Fsp3) is 0.974. The smallest absolute Gasteiger partial charge is 0.311 e. The standard InChI is InChI=1S/C39H74N2O12/c1-16-28-39(10,46)34(47-14)25(6)41(13)20-21(2)18-37(8,45)33(53-36-30(42)27(40(11)12)17-22(3)49-36)23(4)31(24(5)35(44)51-28)52-29-19-38(9,48-15)32(43)26(7)50-29/h21-34,36,42-43,45-46H,16-20H2,1-15H3/t21-,22-,23+,24-,25-,26-,27-,28-,29+,30-,31+,32+,33-,34-,36+,37-,38-,39-/m1/s1. The lowest BCUT2D eigenvalue weighted by Gasteiger charge is -2.48. The minimum absolute atomic E-state index is 0.0861. The first-order chi connectivity index (χ1) is 24.4. The van der Waals surface area contributed by atoms with Crippen molar-refractivity contribution in [2.75, 3.05) is 41.9 Å². The lowest BCUT2D eigenvalue weighted by atomic mass is 9.77. The second kappa shape index (κ2) is 18.5. The molecule has 3 fully saturated rings. The van der Waals surface area contributed by atoms with E-state index in [2.05, 4.69) is 4.90 Å². The van der Waals surface area contributed by atoms with Crippen molar-refractivity contribution >= 4 is 5.97 Å². The van der Waals surface area contributed by atoms with Gasteiger partial charge in [-0.25, -0.2) is 0 Å². The number of rotatable bonds is 8. The molecule has 0 saturated carbocycles. The van der Waals surface area contributed by atoms with Gasteiger partial charge in [0.05, 0.1) is 41.5 Å². The van der Waals surface area contributed by atoms with Crippen LogP contribution in [0.1, 0.15) is 94.9 Å². The molecule has 3 heterocycles. The van der Waals surface area contributed by atoms with E-state index in [0.717, 1.165) is 0 Å². The number of methoxy groups -OCH3 is 2. The molecular weight excluding hydrogens is 688 g/mol. The molecule has 18 atom stereocenters. The molecule has 0 radical (unpaired) electrons. The molecule has 4 N–H and O–H groups in total. The summed E-state index contributed by atoms with van der Waals surface area (Å²) in [7, 11) is 8.79. The number of likely N-dealkylation sites (N-methyl/N-ethyl adjacent to an activating group) is 2. The maximum Gasteiger partial charge on any atom is 0.311 e. The van der Waals surface area contributed by atoms with Crippen LogP contribution >= 0.6 is 0 Å². The summed E-state index contributed by atoms with van der Waals surface area (Å²) in [5.41, 5.74) is -4.10. The van der Waals surface area contributed by atoms with Crippen molar-refractivity contribution in [3.63, 3.8) is 0 Å². The largest absolute Gasteiger partial charge is 0.459 e. The summed E-state index contributed by atoms with van der Waals surface area (Å²) in [6.45, 7) is 18.7. The molecule has 3 rings (SSSR count). The van der Waals surface area contributed by atoms with Crippen molar-refractivity contribution < 1.29 is 58.4 Å². The Morgan fingerprint density at radius 3 is 2.11 bits per heavy atom. The van der Waals surface area contributed by atoms with Crippen LogP contribution in [-0.4, -0.2) is 168 Å². The van der Waals surface area contributed by atoms with E-state index in [1.54, 1.807) is 34.6 Å². The maximum absolute atomic E-state index is 14.3. The van der Waals surface area contributed by atoms with Gasteiger partial charge in [-0.1, -0.05) is 20.8 Å². The van der Waals surface area contributed by atoms with E-state index in [9.17, 15) is 25.2 Å². The van der Waals surface area contributed by atoms with Crippen LogP contribution in [0.3, 0.4) is 0 Å². The average molecular weight is 763 g/mol. The third kappa shape index (κ3) is 10.5. The van der Waals surface area contributed by atoms with E-state index >= 15 is 0 Å². The first kappa shape index (κ1) is 46.4. The van der Waals surface area contributed by atoms with Crippen LogP contribution in [0.15, 0.2) is 0 Å². The molecule has 0 aromatic heterocycles. The van der Waals surface area contributed by atoms with Crippen LogP contribution in [0.5, 0.6) is 0 Å². The van der Waals surface area contributed by atoms with Crippen molar-refractivity contribution in [1.29, 1.82) is 0 Å². The maximum atomic E-state index is 14.3. The highest BCUT2D eigenvalue weighted by Crippen LogP contribution is 2.40. The third-order valence-electron chi connectivity index (χ3n) is 12.4. The zero-order chi connectivity index (χ0) is 40.4. The summed E-state index contributed by atoms with van der Waals surface area (Å²) in [4.78, 5) is 18.3. The minimum atomic E-state index is -1.57. The Labute approximate surface area is 318 Å². The fourth-order valence-electron chi connectivity index (χ4n) is 9.16. The quantitative estimate of drug-likeness (QED) is 0.266. The number of cyclic esters (lactones) is 1. The predicted molar refractivity (Wildman–Crippen MR) is 199 cm³/mol. The first-order valence-corrected chi connectivity index (χ1v) is 19.5. The molecule has 0 aromatic rings. The van der Waals surface area contributed by atoms with Crippen molar-refractivity contribution in [1.82, 2.24) is 9.80 Å². The van der Waals surface area contributed by atoms with Crippen LogP contribution in [0.2, 0.25) is 0 Å². The molecule has 14 nitrogen and oxygen atoms in total. The van der Waals surface area contributed by atoms with E-state index in [1.807, 2.05) is 60.7 Å². The number of hydrogen-bond acceptors (Lipinski definition) is 14. The van der Waals surface area contributed by atoms with Crippen LogP contribution in [0.4, 0.5) is 0 Å². The monoisotopic (exact) mass is 763 g/mol. The zero-order valence-corrected chi connectivity index (χ0v) is 35.1. The summed E-state index contributed by atoms with van der Waals surface area (Å²) >= 11 is 0. The molecular formula is C39H74N2O12. The highest BCUT2D eigenvalue weighted by molar-refractivity contribution is 5.73. The van der Waals surface area contributed by atoms with Crippen molar-refractivity contribution in [2.45, 2.75) is 185 Å². The van der Waals surface area contributed by atoms with Gasteiger partial charge < -0.3 is 63.4 Å². The van der Waals surface area contributed by atoms with Crippen LogP contribution < -0.4 is 0 Å². The van der Waals surface area contributed by atoms with Gasteiger partial charge in [0.1, 0.15) is 30.0 Å². The highest BCUT2D eigenvalue weighted by atomic mass is 16.7. The molecule has 312 valence electrons. The van der Waals surface area contributed by atoms with E-state index < -0.39 is 89.9 Å². The minimum Gasteiger partial charge on any atom is -0.459 e. The average Bonchev–Trinajstić information content (AvgIpc) is 3.06.